The van der Waals surface area contributed by atoms with E-state index in [9.17, 15) is 9.59 Å². The van der Waals surface area contributed by atoms with Crippen LogP contribution < -0.4 is 11.1 Å². The molecule has 0 bridgehead atoms. The predicted octanol–water partition coefficient (Wildman–Crippen LogP) is 1.98. The molecule has 3 aromatic rings. The number of rotatable bonds is 2. The quantitative estimate of drug-likeness (QED) is 0.703. The van der Waals surface area contributed by atoms with E-state index in [1.54, 1.807) is 17.1 Å². The van der Waals surface area contributed by atoms with Crippen molar-refractivity contribution in [1.29, 1.82) is 0 Å². The highest BCUT2D eigenvalue weighted by Crippen LogP contribution is 2.29. The molecule has 0 saturated heterocycles. The number of nitrogens with one attached hydrogen (secondary N) is 1. The number of hydrogen-bond acceptors (Lipinski definition) is 3. The lowest BCUT2D eigenvalue weighted by Crippen LogP contribution is -2.38. The van der Waals surface area contributed by atoms with Crippen molar-refractivity contribution in [3.8, 4) is 5.69 Å². The number of hydrogen-bond donors (Lipinski definition) is 1. The first-order valence-corrected chi connectivity index (χ1v) is 8.01. The van der Waals surface area contributed by atoms with Gasteiger partial charge in [0, 0.05) is 24.1 Å². The molecule has 0 aliphatic heterocycles. The second-order valence-electron chi connectivity index (χ2n) is 6.09. The molecular formula is C17H21ClN4O3. The van der Waals surface area contributed by atoms with Crippen molar-refractivity contribution in [3.63, 3.8) is 0 Å². The van der Waals surface area contributed by atoms with Gasteiger partial charge in [-0.15, -0.1) is 12.4 Å². The van der Waals surface area contributed by atoms with Crippen molar-refractivity contribution in [2.24, 2.45) is 0 Å². The monoisotopic (exact) mass is 364 g/mol. The summed E-state index contributed by atoms with van der Waals surface area (Å²) in [6, 6.07) is 5.82. The van der Waals surface area contributed by atoms with Gasteiger partial charge < -0.3 is 15.0 Å². The zero-order valence-corrected chi connectivity index (χ0v) is 14.5. The lowest BCUT2D eigenvalue weighted by Gasteiger charge is -2.25. The van der Waals surface area contributed by atoms with Gasteiger partial charge in [0.15, 0.2) is 0 Å². The molecule has 2 heterocycles. The minimum absolute atomic E-state index is 0. The second kappa shape index (κ2) is 7.67. The summed E-state index contributed by atoms with van der Waals surface area (Å²) in [7, 11) is 0. The standard InChI is InChI=1S/C17H18N4O2.ClH.H2O/c22-16-17(23)21(12-4-2-1-3-5-12)15-10-13(6-7-14(15)19-16)20-9-8-18-11-20;;/h6-12H,1-5H2,(H,19,22);1H;1H2. The number of halogens is 1. The number of benzene rings is 1. The average molecular weight is 365 g/mol. The van der Waals surface area contributed by atoms with E-state index in [1.807, 2.05) is 29.0 Å². The minimum atomic E-state index is -0.543. The van der Waals surface area contributed by atoms with E-state index >= 15 is 0 Å². The van der Waals surface area contributed by atoms with Crippen LogP contribution in [0.1, 0.15) is 38.1 Å². The first kappa shape index (κ1) is 19.0. The van der Waals surface area contributed by atoms with Gasteiger partial charge in [-0.05, 0) is 31.0 Å². The van der Waals surface area contributed by atoms with Crippen LogP contribution in [-0.2, 0) is 0 Å². The van der Waals surface area contributed by atoms with Crippen LogP contribution in [0.15, 0.2) is 46.5 Å². The van der Waals surface area contributed by atoms with Crippen LogP contribution in [-0.4, -0.2) is 24.6 Å². The SMILES string of the molecule is Cl.O.O=c1[nH]c2ccc(-n3ccnc3)cc2n(C2CCCCC2)c1=O. The number of imidazole rings is 1. The Morgan fingerprint density at radius 1 is 1.12 bits per heavy atom. The average Bonchev–Trinajstić information content (AvgIpc) is 3.11. The van der Waals surface area contributed by atoms with Crippen LogP contribution in [0.25, 0.3) is 16.7 Å². The molecule has 25 heavy (non-hydrogen) atoms. The summed E-state index contributed by atoms with van der Waals surface area (Å²) in [6.07, 6.45) is 10.6. The number of H-pyrrole nitrogens is 1. The van der Waals surface area contributed by atoms with Gasteiger partial charge in [-0.2, -0.15) is 0 Å². The van der Waals surface area contributed by atoms with E-state index in [2.05, 4.69) is 9.97 Å². The fraction of sp³-hybridized carbons (Fsp3) is 0.353. The third-order valence-corrected chi connectivity index (χ3v) is 4.64. The van der Waals surface area contributed by atoms with Gasteiger partial charge in [-0.25, -0.2) is 4.98 Å². The third kappa shape index (κ3) is 3.38. The first-order chi connectivity index (χ1) is 11.2. The molecule has 2 aromatic heterocycles. The molecule has 1 fully saturated rings. The molecule has 0 atom stereocenters. The topological polar surface area (TPSA) is 104 Å². The molecule has 134 valence electrons. The van der Waals surface area contributed by atoms with Crippen molar-refractivity contribution in [2.45, 2.75) is 38.1 Å². The van der Waals surface area contributed by atoms with E-state index in [1.165, 1.54) is 6.42 Å². The van der Waals surface area contributed by atoms with E-state index in [4.69, 9.17) is 0 Å². The molecule has 0 radical (unpaired) electrons. The molecular weight excluding hydrogens is 344 g/mol. The van der Waals surface area contributed by atoms with E-state index in [0.29, 0.717) is 5.52 Å². The number of aromatic nitrogens is 4. The predicted molar refractivity (Wildman–Crippen MR) is 98.9 cm³/mol. The largest absolute Gasteiger partial charge is 0.412 e. The van der Waals surface area contributed by atoms with Crippen LogP contribution in [0.4, 0.5) is 0 Å². The van der Waals surface area contributed by atoms with Crippen LogP contribution in [0, 0.1) is 0 Å². The van der Waals surface area contributed by atoms with Gasteiger partial charge >= 0.3 is 11.1 Å². The minimum Gasteiger partial charge on any atom is -0.412 e. The number of fused-ring (bicyclic) bond motifs is 1. The molecule has 8 heteroatoms. The van der Waals surface area contributed by atoms with Crippen LogP contribution in [0.3, 0.4) is 0 Å². The molecule has 1 aliphatic carbocycles. The van der Waals surface area contributed by atoms with Crippen molar-refractivity contribution < 1.29 is 5.48 Å². The number of nitrogens with zero attached hydrogens (tertiary/aromatic N) is 3. The Balaban J connectivity index is 0.00000113. The van der Waals surface area contributed by atoms with E-state index in [0.717, 1.165) is 36.9 Å². The molecule has 7 nitrogen and oxygen atoms in total. The summed E-state index contributed by atoms with van der Waals surface area (Å²) < 4.78 is 3.59. The van der Waals surface area contributed by atoms with Gasteiger partial charge in [-0.1, -0.05) is 19.3 Å². The molecule has 1 aromatic carbocycles. The third-order valence-electron chi connectivity index (χ3n) is 4.64. The molecule has 0 amide bonds. The first-order valence-electron chi connectivity index (χ1n) is 8.01. The molecule has 0 unspecified atom stereocenters. The zero-order chi connectivity index (χ0) is 15.8. The molecule has 1 aliphatic rings. The summed E-state index contributed by atoms with van der Waals surface area (Å²) in [5, 5.41) is 0. The molecule has 4 rings (SSSR count). The Morgan fingerprint density at radius 2 is 1.88 bits per heavy atom. The van der Waals surface area contributed by atoms with Crippen molar-refractivity contribution >= 4 is 23.4 Å². The highest BCUT2D eigenvalue weighted by molar-refractivity contribution is 5.85. The Labute approximate surface area is 150 Å². The van der Waals surface area contributed by atoms with Gasteiger partial charge in [0.2, 0.25) is 0 Å². The normalized spacial score (nSPS) is 14.7. The summed E-state index contributed by atoms with van der Waals surface area (Å²) >= 11 is 0. The van der Waals surface area contributed by atoms with E-state index in [-0.39, 0.29) is 23.9 Å². The van der Waals surface area contributed by atoms with Gasteiger partial charge in [-0.3, -0.25) is 14.2 Å². The molecule has 1 saturated carbocycles. The highest BCUT2D eigenvalue weighted by Gasteiger charge is 2.20. The van der Waals surface area contributed by atoms with Crippen LogP contribution in [0.2, 0.25) is 0 Å². The molecule has 3 N–H and O–H groups in total. The fourth-order valence-electron chi connectivity index (χ4n) is 3.49. The van der Waals surface area contributed by atoms with Crippen molar-refractivity contribution in [1.82, 2.24) is 19.1 Å². The second-order valence-corrected chi connectivity index (χ2v) is 6.09. The van der Waals surface area contributed by atoms with Crippen molar-refractivity contribution in [3.05, 3.63) is 57.6 Å². The lowest BCUT2D eigenvalue weighted by molar-refractivity contribution is 0.352. The van der Waals surface area contributed by atoms with E-state index < -0.39 is 11.1 Å². The summed E-state index contributed by atoms with van der Waals surface area (Å²) in [5.74, 6) is 0. The smallest absolute Gasteiger partial charge is 0.316 e. The van der Waals surface area contributed by atoms with Crippen molar-refractivity contribution in [2.75, 3.05) is 0 Å². The lowest BCUT2D eigenvalue weighted by atomic mass is 9.95. The molecule has 0 spiro atoms. The summed E-state index contributed by atoms with van der Waals surface area (Å²) in [5.41, 5.74) is 1.41. The number of aromatic amines is 1. The summed E-state index contributed by atoms with van der Waals surface area (Å²) in [4.78, 5) is 31.2. The Bertz CT molecular complexity index is 956. The zero-order valence-electron chi connectivity index (χ0n) is 13.6. The van der Waals surface area contributed by atoms with Gasteiger partial charge in [0.25, 0.3) is 0 Å². The van der Waals surface area contributed by atoms with Gasteiger partial charge in [0.1, 0.15) is 0 Å². The maximum Gasteiger partial charge on any atom is 0.316 e. The maximum absolute atomic E-state index is 12.5. The summed E-state index contributed by atoms with van der Waals surface area (Å²) in [6.45, 7) is 0. The van der Waals surface area contributed by atoms with Crippen LogP contribution >= 0.6 is 12.4 Å². The Kier molecular flexibility index (Phi) is 5.81. The van der Waals surface area contributed by atoms with Gasteiger partial charge in [0.05, 0.1) is 17.4 Å². The highest BCUT2D eigenvalue weighted by atomic mass is 35.5. The Hall–Kier alpha value is -2.38. The maximum atomic E-state index is 12.5. The Morgan fingerprint density at radius 3 is 2.56 bits per heavy atom. The van der Waals surface area contributed by atoms with Crippen LogP contribution in [0.5, 0.6) is 0 Å². The fourth-order valence-corrected chi connectivity index (χ4v) is 3.49.